The van der Waals surface area contributed by atoms with E-state index in [0.717, 1.165) is 32.7 Å². The van der Waals surface area contributed by atoms with Gasteiger partial charge in [-0.1, -0.05) is 41.6 Å². The molecule has 8 heteroatoms. The maximum absolute atomic E-state index is 12.7. The number of hydrogen-bond acceptors (Lipinski definition) is 6. The molecule has 1 amide bonds. The Bertz CT molecular complexity index is 1080. The van der Waals surface area contributed by atoms with Crippen molar-refractivity contribution in [2.24, 2.45) is 7.05 Å². The molecule has 0 bridgehead atoms. The first-order chi connectivity index (χ1) is 14.0. The minimum atomic E-state index is -0.0512. The molecule has 0 atom stereocenters. The highest BCUT2D eigenvalue weighted by Gasteiger charge is 2.22. The lowest BCUT2D eigenvalue weighted by atomic mass is 10.1. The summed E-state index contributed by atoms with van der Waals surface area (Å²) in [6, 6.07) is 10.4. The number of nitrogens with zero attached hydrogens (tertiary/aromatic N) is 4. The quantitative estimate of drug-likeness (QED) is 0.462. The lowest BCUT2D eigenvalue weighted by Gasteiger charge is -2.34. The van der Waals surface area contributed by atoms with Gasteiger partial charge in [0.15, 0.2) is 5.16 Å². The van der Waals surface area contributed by atoms with E-state index in [1.807, 2.05) is 16.3 Å². The molecule has 4 rings (SSSR count). The van der Waals surface area contributed by atoms with Crippen LogP contribution in [0.15, 0.2) is 45.7 Å². The van der Waals surface area contributed by atoms with Gasteiger partial charge in [0.25, 0.3) is 5.56 Å². The second-order valence-corrected chi connectivity index (χ2v) is 9.19. The molecule has 0 radical (unpaired) electrons. The predicted molar refractivity (Wildman–Crippen MR) is 119 cm³/mol. The summed E-state index contributed by atoms with van der Waals surface area (Å²) < 4.78 is 2.20. The molecule has 2 aromatic heterocycles. The van der Waals surface area contributed by atoms with Gasteiger partial charge < -0.3 is 4.90 Å². The van der Waals surface area contributed by atoms with Crippen LogP contribution in [0.1, 0.15) is 11.1 Å². The molecule has 6 nitrogen and oxygen atoms in total. The van der Waals surface area contributed by atoms with Gasteiger partial charge in [-0.25, -0.2) is 4.98 Å². The van der Waals surface area contributed by atoms with Gasteiger partial charge in [-0.05, 0) is 23.9 Å². The van der Waals surface area contributed by atoms with Gasteiger partial charge >= 0.3 is 0 Å². The number of piperazine rings is 1. The van der Waals surface area contributed by atoms with Crippen molar-refractivity contribution >= 4 is 39.2 Å². The second-order valence-electron chi connectivity index (χ2n) is 7.33. The molecular formula is C21H24N4O2S2. The summed E-state index contributed by atoms with van der Waals surface area (Å²) in [6.45, 7) is 6.26. The van der Waals surface area contributed by atoms with E-state index in [1.165, 1.54) is 38.8 Å². The third kappa shape index (κ3) is 4.55. The summed E-state index contributed by atoms with van der Waals surface area (Å²) >= 11 is 2.74. The van der Waals surface area contributed by atoms with Crippen molar-refractivity contribution < 1.29 is 4.79 Å². The number of thiophene rings is 1. The average molecular weight is 429 g/mol. The van der Waals surface area contributed by atoms with Gasteiger partial charge in [-0.2, -0.15) is 0 Å². The summed E-state index contributed by atoms with van der Waals surface area (Å²) in [7, 11) is 1.71. The first kappa shape index (κ1) is 20.1. The molecule has 0 spiro atoms. The fourth-order valence-corrected chi connectivity index (χ4v) is 5.22. The maximum Gasteiger partial charge on any atom is 0.271 e. The number of fused-ring (bicyclic) bond motifs is 1. The van der Waals surface area contributed by atoms with E-state index in [1.54, 1.807) is 7.05 Å². The molecule has 1 aliphatic heterocycles. The van der Waals surface area contributed by atoms with Gasteiger partial charge in [0.05, 0.1) is 11.3 Å². The highest BCUT2D eigenvalue weighted by Crippen LogP contribution is 2.21. The molecule has 0 unspecified atom stereocenters. The number of rotatable bonds is 5. The zero-order chi connectivity index (χ0) is 20.4. The normalized spacial score (nSPS) is 15.2. The van der Waals surface area contributed by atoms with E-state index in [2.05, 4.69) is 41.1 Å². The number of carbonyl (C=O) groups is 1. The molecule has 29 heavy (non-hydrogen) atoms. The molecule has 1 aromatic carbocycles. The zero-order valence-electron chi connectivity index (χ0n) is 16.6. The Hall–Kier alpha value is -2.16. The first-order valence-electron chi connectivity index (χ1n) is 9.64. The minimum absolute atomic E-state index is 0.0512. The van der Waals surface area contributed by atoms with Crippen LogP contribution < -0.4 is 5.56 Å². The van der Waals surface area contributed by atoms with Crippen LogP contribution in [0.4, 0.5) is 0 Å². The number of hydrogen-bond donors (Lipinski definition) is 0. The number of aromatic nitrogens is 2. The summed E-state index contributed by atoms with van der Waals surface area (Å²) in [5, 5.41) is 2.46. The standard InChI is InChI=1S/C21H24N4O2S2/c1-15-4-3-5-16(12-15)13-24-7-9-25(10-8-24)18(26)14-29-21-22-17-6-11-28-19(17)20(27)23(21)2/h3-6,11-12H,7-10,13-14H2,1-2H3. The molecule has 0 saturated carbocycles. The Morgan fingerprint density at radius 1 is 1.21 bits per heavy atom. The highest BCUT2D eigenvalue weighted by atomic mass is 32.2. The van der Waals surface area contributed by atoms with Crippen LogP contribution in [0, 0.1) is 6.92 Å². The van der Waals surface area contributed by atoms with Gasteiger partial charge in [0.2, 0.25) is 5.91 Å². The number of carbonyl (C=O) groups excluding carboxylic acids is 1. The Balaban J connectivity index is 1.31. The molecule has 1 fully saturated rings. The summed E-state index contributed by atoms with van der Waals surface area (Å²) in [4.78, 5) is 33.9. The molecule has 3 aromatic rings. The van der Waals surface area contributed by atoms with Crippen molar-refractivity contribution in [2.75, 3.05) is 31.9 Å². The molecule has 1 aliphatic rings. The minimum Gasteiger partial charge on any atom is -0.339 e. The highest BCUT2D eigenvalue weighted by molar-refractivity contribution is 7.99. The van der Waals surface area contributed by atoms with Crippen LogP contribution in [0.3, 0.4) is 0 Å². The van der Waals surface area contributed by atoms with Crippen LogP contribution in [-0.2, 0) is 18.4 Å². The Kier molecular flexibility index (Phi) is 6.03. The van der Waals surface area contributed by atoms with Crippen molar-refractivity contribution in [3.05, 3.63) is 57.2 Å². The van der Waals surface area contributed by atoms with E-state index in [4.69, 9.17) is 0 Å². The van der Waals surface area contributed by atoms with E-state index >= 15 is 0 Å². The summed E-state index contributed by atoms with van der Waals surface area (Å²) in [6.07, 6.45) is 0. The topological polar surface area (TPSA) is 58.4 Å². The van der Waals surface area contributed by atoms with E-state index < -0.39 is 0 Å². The monoisotopic (exact) mass is 428 g/mol. The Morgan fingerprint density at radius 3 is 2.76 bits per heavy atom. The molecule has 1 saturated heterocycles. The number of amides is 1. The predicted octanol–water partition coefficient (Wildman–Crippen LogP) is 2.74. The molecule has 3 heterocycles. The van der Waals surface area contributed by atoms with Gasteiger partial charge in [0.1, 0.15) is 4.70 Å². The zero-order valence-corrected chi connectivity index (χ0v) is 18.3. The van der Waals surface area contributed by atoms with Gasteiger partial charge in [0, 0.05) is 39.8 Å². The van der Waals surface area contributed by atoms with E-state index in [-0.39, 0.29) is 11.5 Å². The van der Waals surface area contributed by atoms with Crippen LogP contribution in [0.5, 0.6) is 0 Å². The number of aryl methyl sites for hydroxylation is 1. The van der Waals surface area contributed by atoms with Gasteiger partial charge in [-0.15, -0.1) is 11.3 Å². The van der Waals surface area contributed by atoms with Crippen LogP contribution >= 0.6 is 23.1 Å². The smallest absolute Gasteiger partial charge is 0.271 e. The molecule has 0 N–H and O–H groups in total. The fraction of sp³-hybridized carbons (Fsp3) is 0.381. The van der Waals surface area contributed by atoms with Crippen molar-refractivity contribution in [2.45, 2.75) is 18.6 Å². The Morgan fingerprint density at radius 2 is 2.00 bits per heavy atom. The summed E-state index contributed by atoms with van der Waals surface area (Å²) in [5.41, 5.74) is 3.25. The van der Waals surface area contributed by atoms with Gasteiger partial charge in [-0.3, -0.25) is 19.1 Å². The first-order valence-corrected chi connectivity index (χ1v) is 11.5. The van der Waals surface area contributed by atoms with Crippen molar-refractivity contribution in [3.63, 3.8) is 0 Å². The third-order valence-electron chi connectivity index (χ3n) is 5.18. The molecule has 152 valence electrons. The lowest BCUT2D eigenvalue weighted by Crippen LogP contribution is -2.48. The fourth-order valence-electron chi connectivity index (χ4n) is 3.54. The Labute approximate surface area is 178 Å². The molecular weight excluding hydrogens is 404 g/mol. The van der Waals surface area contributed by atoms with Crippen LogP contribution in [-0.4, -0.2) is 57.2 Å². The maximum atomic E-state index is 12.7. The lowest BCUT2D eigenvalue weighted by molar-refractivity contribution is -0.130. The second kappa shape index (κ2) is 8.69. The largest absolute Gasteiger partial charge is 0.339 e. The average Bonchev–Trinajstić information content (AvgIpc) is 3.19. The van der Waals surface area contributed by atoms with Crippen molar-refractivity contribution in [1.29, 1.82) is 0 Å². The number of benzene rings is 1. The van der Waals surface area contributed by atoms with E-state index in [0.29, 0.717) is 21.1 Å². The molecule has 0 aliphatic carbocycles. The van der Waals surface area contributed by atoms with Crippen molar-refractivity contribution in [1.82, 2.24) is 19.4 Å². The third-order valence-corrected chi connectivity index (χ3v) is 7.09. The van der Waals surface area contributed by atoms with E-state index in [9.17, 15) is 9.59 Å². The summed E-state index contributed by atoms with van der Waals surface area (Å²) in [5.74, 6) is 0.401. The van der Waals surface area contributed by atoms with Crippen LogP contribution in [0.2, 0.25) is 0 Å². The SMILES string of the molecule is Cc1cccc(CN2CCN(C(=O)CSc3nc4ccsc4c(=O)n3C)CC2)c1. The van der Waals surface area contributed by atoms with Crippen LogP contribution in [0.25, 0.3) is 10.2 Å². The number of thioether (sulfide) groups is 1. The van der Waals surface area contributed by atoms with Crippen molar-refractivity contribution in [3.8, 4) is 0 Å².